The molecule has 0 N–H and O–H groups in total. The number of hydrogen-bond acceptors (Lipinski definition) is 0. The topological polar surface area (TPSA) is 0 Å². The molecule has 0 heteroatoms. The van der Waals surface area contributed by atoms with E-state index in [9.17, 15) is 0 Å². The van der Waals surface area contributed by atoms with E-state index in [1.165, 1.54) is 16.7 Å². The largest absolute Gasteiger partial charge is 0.121 e. The molecule has 2 rings (SSSR count). The molecule has 0 amide bonds. The molecule has 19 heavy (non-hydrogen) atoms. The van der Waals surface area contributed by atoms with Gasteiger partial charge in [0.05, 0.1) is 0 Å². The van der Waals surface area contributed by atoms with Gasteiger partial charge in [0, 0.05) is 5.57 Å². The van der Waals surface area contributed by atoms with Crippen LogP contribution in [-0.2, 0) is 6.42 Å². The average Bonchev–Trinajstić information content (AvgIpc) is 2.49. The number of allylic oxidation sites excluding steroid dienone is 1. The first kappa shape index (κ1) is 13.4. The van der Waals surface area contributed by atoms with E-state index in [-0.39, 0.29) is 0 Å². The van der Waals surface area contributed by atoms with E-state index in [4.69, 9.17) is 0 Å². The third-order valence-electron chi connectivity index (χ3n) is 3.17. The van der Waals surface area contributed by atoms with Gasteiger partial charge in [-0.25, -0.2) is 0 Å². The van der Waals surface area contributed by atoms with E-state index in [1.54, 1.807) is 0 Å². The summed E-state index contributed by atoms with van der Waals surface area (Å²) >= 11 is 0. The summed E-state index contributed by atoms with van der Waals surface area (Å²) in [5.41, 5.74) is 7.40. The van der Waals surface area contributed by atoms with Crippen molar-refractivity contribution in [2.45, 2.75) is 26.2 Å². The molecule has 96 valence electrons. The molecule has 0 bridgehead atoms. The molecule has 0 fully saturated rings. The van der Waals surface area contributed by atoms with Gasteiger partial charge in [-0.1, -0.05) is 67.6 Å². The van der Waals surface area contributed by atoms with Crippen molar-refractivity contribution in [3.63, 3.8) is 0 Å². The maximum Gasteiger partial charge on any atom is 0.000593 e. The Hall–Kier alpha value is -2.04. The predicted octanol–water partition coefficient (Wildman–Crippen LogP) is 5.27. The molecular formula is C19H20. The molecule has 0 aromatic heterocycles. The molecule has 0 atom stereocenters. The Morgan fingerprint density at radius 2 is 1.58 bits per heavy atom. The van der Waals surface area contributed by atoms with E-state index in [0.717, 1.165) is 19.3 Å². The van der Waals surface area contributed by atoms with Crippen molar-refractivity contribution in [3.05, 3.63) is 83.6 Å². The van der Waals surface area contributed by atoms with Crippen molar-refractivity contribution in [2.24, 2.45) is 0 Å². The molecule has 2 aromatic rings. The monoisotopic (exact) mass is 248 g/mol. The van der Waals surface area contributed by atoms with Crippen molar-refractivity contribution in [1.82, 2.24) is 0 Å². The standard InChI is InChI=1S/C19H20/c1-2-18(19-15-7-4-8-16-19)14-10-9-13-17-11-5-3-6-12-17/h3-8,10-12,15-16H,2,9,13H2,1H3. The van der Waals surface area contributed by atoms with Gasteiger partial charge >= 0.3 is 0 Å². The van der Waals surface area contributed by atoms with Gasteiger partial charge in [-0.15, -0.1) is 5.73 Å². The quantitative estimate of drug-likeness (QED) is 0.632. The minimum Gasteiger partial charge on any atom is -0.121 e. The van der Waals surface area contributed by atoms with Crippen molar-refractivity contribution in [2.75, 3.05) is 0 Å². The first-order valence-corrected chi connectivity index (χ1v) is 6.93. The Labute approximate surface area is 116 Å². The van der Waals surface area contributed by atoms with Crippen LogP contribution in [0.3, 0.4) is 0 Å². The third kappa shape index (κ3) is 4.28. The second kappa shape index (κ2) is 7.41. The van der Waals surface area contributed by atoms with Crippen LogP contribution in [0.4, 0.5) is 0 Å². The Bertz CT molecular complexity index is 543. The molecule has 0 saturated carbocycles. The van der Waals surface area contributed by atoms with Crippen LogP contribution in [0.1, 0.15) is 30.9 Å². The number of aryl methyl sites for hydroxylation is 1. The highest BCUT2D eigenvalue weighted by Gasteiger charge is 1.95. The maximum atomic E-state index is 3.45. The van der Waals surface area contributed by atoms with Gasteiger partial charge in [-0.05, 0) is 36.5 Å². The number of benzene rings is 2. The highest BCUT2D eigenvalue weighted by Crippen LogP contribution is 2.16. The lowest BCUT2D eigenvalue weighted by Crippen LogP contribution is -1.82. The van der Waals surface area contributed by atoms with Gasteiger partial charge in [0.25, 0.3) is 0 Å². The minimum absolute atomic E-state index is 1.02. The fourth-order valence-electron chi connectivity index (χ4n) is 2.11. The lowest BCUT2D eigenvalue weighted by atomic mass is 10.0. The molecule has 0 aliphatic heterocycles. The van der Waals surface area contributed by atoms with Gasteiger partial charge in [0.1, 0.15) is 0 Å². The van der Waals surface area contributed by atoms with Gasteiger partial charge in [0.2, 0.25) is 0 Å². The Balaban J connectivity index is 2.01. The first-order valence-electron chi connectivity index (χ1n) is 6.93. The molecule has 0 heterocycles. The van der Waals surface area contributed by atoms with Crippen molar-refractivity contribution >= 4 is 5.57 Å². The van der Waals surface area contributed by atoms with Gasteiger partial charge < -0.3 is 0 Å². The summed E-state index contributed by atoms with van der Waals surface area (Å²) in [6.45, 7) is 2.18. The fraction of sp³-hybridized carbons (Fsp3) is 0.211. The zero-order valence-corrected chi connectivity index (χ0v) is 11.5. The summed E-state index contributed by atoms with van der Waals surface area (Å²) < 4.78 is 0. The van der Waals surface area contributed by atoms with Crippen LogP contribution in [-0.4, -0.2) is 0 Å². The molecule has 0 nitrogen and oxygen atoms in total. The van der Waals surface area contributed by atoms with Crippen LogP contribution < -0.4 is 0 Å². The van der Waals surface area contributed by atoms with E-state index in [2.05, 4.69) is 79.4 Å². The van der Waals surface area contributed by atoms with E-state index < -0.39 is 0 Å². The van der Waals surface area contributed by atoms with Crippen molar-refractivity contribution in [3.8, 4) is 0 Å². The van der Waals surface area contributed by atoms with E-state index >= 15 is 0 Å². The molecule has 0 aliphatic carbocycles. The summed E-state index contributed by atoms with van der Waals surface area (Å²) in [6, 6.07) is 21.1. The van der Waals surface area contributed by atoms with Crippen LogP contribution in [0.25, 0.3) is 5.57 Å². The summed E-state index contributed by atoms with van der Waals surface area (Å²) in [5, 5.41) is 0. The van der Waals surface area contributed by atoms with Crippen molar-refractivity contribution < 1.29 is 0 Å². The van der Waals surface area contributed by atoms with E-state index in [0.29, 0.717) is 0 Å². The first-order chi connectivity index (χ1) is 9.40. The molecule has 0 spiro atoms. The van der Waals surface area contributed by atoms with E-state index in [1.807, 2.05) is 0 Å². The Morgan fingerprint density at radius 1 is 0.947 bits per heavy atom. The lowest BCUT2D eigenvalue weighted by Gasteiger charge is -2.00. The smallest absolute Gasteiger partial charge is 0.000593 e. The van der Waals surface area contributed by atoms with Crippen LogP contribution in [0.5, 0.6) is 0 Å². The second-order valence-corrected chi connectivity index (χ2v) is 4.57. The predicted molar refractivity (Wildman–Crippen MR) is 83.0 cm³/mol. The van der Waals surface area contributed by atoms with Gasteiger partial charge in [-0.2, -0.15) is 0 Å². The van der Waals surface area contributed by atoms with Crippen molar-refractivity contribution in [1.29, 1.82) is 0 Å². The summed E-state index contributed by atoms with van der Waals surface area (Å²) in [4.78, 5) is 0. The minimum atomic E-state index is 1.02. The van der Waals surface area contributed by atoms with Crippen LogP contribution in [0, 0.1) is 0 Å². The molecule has 0 radical (unpaired) electrons. The highest BCUT2D eigenvalue weighted by atomic mass is 14.0. The number of hydrogen-bond donors (Lipinski definition) is 0. The molecular weight excluding hydrogens is 228 g/mol. The summed E-state index contributed by atoms with van der Waals surface area (Å²) in [7, 11) is 0. The van der Waals surface area contributed by atoms with Crippen LogP contribution in [0.15, 0.2) is 72.5 Å². The van der Waals surface area contributed by atoms with Gasteiger partial charge in [0.15, 0.2) is 0 Å². The lowest BCUT2D eigenvalue weighted by molar-refractivity contribution is 1.00. The Kier molecular flexibility index (Phi) is 5.22. The van der Waals surface area contributed by atoms with Gasteiger partial charge in [-0.3, -0.25) is 0 Å². The SMILES string of the molecule is CCC(=C=CCCc1ccccc1)c1ccccc1. The zero-order valence-electron chi connectivity index (χ0n) is 11.5. The molecule has 2 aromatic carbocycles. The maximum absolute atomic E-state index is 3.45. The summed E-state index contributed by atoms with van der Waals surface area (Å²) in [5.74, 6) is 0. The molecule has 0 saturated heterocycles. The van der Waals surface area contributed by atoms with Crippen LogP contribution >= 0.6 is 0 Å². The van der Waals surface area contributed by atoms with Crippen LogP contribution in [0.2, 0.25) is 0 Å². The second-order valence-electron chi connectivity index (χ2n) is 4.57. The fourth-order valence-corrected chi connectivity index (χ4v) is 2.11. The zero-order chi connectivity index (χ0) is 13.3. The Morgan fingerprint density at radius 3 is 2.21 bits per heavy atom. The normalized spacial score (nSPS) is 9.74. The third-order valence-corrected chi connectivity index (χ3v) is 3.17. The molecule has 0 aliphatic rings. The number of rotatable bonds is 5. The highest BCUT2D eigenvalue weighted by molar-refractivity contribution is 5.64. The summed E-state index contributed by atoms with van der Waals surface area (Å²) in [6.07, 6.45) is 5.31. The molecule has 0 unspecified atom stereocenters. The average molecular weight is 248 g/mol.